The topological polar surface area (TPSA) is 55.8 Å². The molecule has 0 saturated carbocycles. The molecule has 0 bridgehead atoms. The number of nitrogens with zero attached hydrogens (tertiary/aromatic N) is 1. The number of hydrogen-bond donors (Lipinski definition) is 0. The minimum absolute atomic E-state index is 0.0313. The third-order valence-electron chi connectivity index (χ3n) is 3.90. The molecule has 0 saturated heterocycles. The van der Waals surface area contributed by atoms with Crippen LogP contribution in [-0.4, -0.2) is 43.3 Å². The van der Waals surface area contributed by atoms with Crippen LogP contribution in [0.25, 0.3) is 0 Å². The van der Waals surface area contributed by atoms with Crippen molar-refractivity contribution in [2.75, 3.05) is 26.3 Å². The zero-order valence-corrected chi connectivity index (χ0v) is 16.0. The van der Waals surface area contributed by atoms with Gasteiger partial charge in [-0.05, 0) is 19.8 Å². The van der Waals surface area contributed by atoms with Gasteiger partial charge < -0.3 is 9.47 Å². The molecule has 0 spiro atoms. The van der Waals surface area contributed by atoms with Crippen LogP contribution in [0.1, 0.15) is 85.0 Å². The van der Waals surface area contributed by atoms with E-state index < -0.39 is 6.09 Å². The molecule has 5 nitrogen and oxygen atoms in total. The third-order valence-corrected chi connectivity index (χ3v) is 3.90. The molecule has 0 rings (SSSR count). The summed E-state index contributed by atoms with van der Waals surface area (Å²) in [4.78, 5) is 24.8. The van der Waals surface area contributed by atoms with Crippen molar-refractivity contribution in [2.24, 2.45) is 0 Å². The number of likely N-dealkylation sites (N-methyl/N-ethyl adjacent to an activating group) is 1. The standard InChI is InChI=1S/C19H37NO4/c1-4-7-8-9-10-11-12-13-14-16-23-18(21)17-20(6-3)19(22)24-15-5-2/h4-17H2,1-3H3. The van der Waals surface area contributed by atoms with E-state index in [-0.39, 0.29) is 12.5 Å². The van der Waals surface area contributed by atoms with Gasteiger partial charge in [0.15, 0.2) is 0 Å². The summed E-state index contributed by atoms with van der Waals surface area (Å²) in [6, 6.07) is 0. The Morgan fingerprint density at radius 3 is 1.83 bits per heavy atom. The second-order valence-corrected chi connectivity index (χ2v) is 6.18. The first kappa shape index (κ1) is 22.7. The lowest BCUT2D eigenvalue weighted by atomic mass is 10.1. The normalized spacial score (nSPS) is 10.5. The molecule has 0 aliphatic heterocycles. The monoisotopic (exact) mass is 343 g/mol. The summed E-state index contributed by atoms with van der Waals surface area (Å²) in [5.41, 5.74) is 0. The van der Waals surface area contributed by atoms with Crippen molar-refractivity contribution >= 4 is 12.1 Å². The zero-order valence-electron chi connectivity index (χ0n) is 16.0. The maximum atomic E-state index is 11.8. The minimum atomic E-state index is -0.445. The number of unbranched alkanes of at least 4 members (excludes halogenated alkanes) is 8. The van der Waals surface area contributed by atoms with Crippen molar-refractivity contribution in [3.8, 4) is 0 Å². The van der Waals surface area contributed by atoms with Gasteiger partial charge in [-0.3, -0.25) is 9.69 Å². The van der Waals surface area contributed by atoms with E-state index in [2.05, 4.69) is 6.92 Å². The van der Waals surface area contributed by atoms with Gasteiger partial charge in [-0.15, -0.1) is 0 Å². The van der Waals surface area contributed by atoms with Crippen LogP contribution >= 0.6 is 0 Å². The Morgan fingerprint density at radius 2 is 1.29 bits per heavy atom. The van der Waals surface area contributed by atoms with Crippen LogP contribution in [0.3, 0.4) is 0 Å². The molecule has 142 valence electrons. The predicted molar refractivity (Wildman–Crippen MR) is 97.1 cm³/mol. The number of hydrogen-bond acceptors (Lipinski definition) is 4. The number of ether oxygens (including phenoxy) is 2. The fourth-order valence-corrected chi connectivity index (χ4v) is 2.39. The first-order chi connectivity index (χ1) is 11.7. The van der Waals surface area contributed by atoms with E-state index in [1.165, 1.54) is 49.8 Å². The Morgan fingerprint density at radius 1 is 0.708 bits per heavy atom. The highest BCUT2D eigenvalue weighted by molar-refractivity contribution is 5.78. The average Bonchev–Trinajstić information content (AvgIpc) is 2.59. The SMILES string of the molecule is CCCCCCCCCCCOC(=O)CN(CC)C(=O)OCCC. The fourth-order valence-electron chi connectivity index (χ4n) is 2.39. The molecule has 0 atom stereocenters. The maximum Gasteiger partial charge on any atom is 0.410 e. The van der Waals surface area contributed by atoms with Crippen LogP contribution < -0.4 is 0 Å². The Kier molecular flexibility index (Phi) is 15.7. The highest BCUT2D eigenvalue weighted by atomic mass is 16.6. The van der Waals surface area contributed by atoms with Gasteiger partial charge in [-0.2, -0.15) is 0 Å². The van der Waals surface area contributed by atoms with E-state index in [1.54, 1.807) is 0 Å². The summed E-state index contributed by atoms with van der Waals surface area (Å²) >= 11 is 0. The molecule has 0 aliphatic rings. The van der Waals surface area contributed by atoms with Crippen LogP contribution in [0.2, 0.25) is 0 Å². The molecule has 5 heteroatoms. The quantitative estimate of drug-likeness (QED) is 0.312. The molecule has 0 aromatic carbocycles. The van der Waals surface area contributed by atoms with Crippen LogP contribution in [0.4, 0.5) is 4.79 Å². The van der Waals surface area contributed by atoms with Gasteiger partial charge >= 0.3 is 12.1 Å². The smallest absolute Gasteiger partial charge is 0.410 e. The lowest BCUT2D eigenvalue weighted by molar-refractivity contribution is -0.144. The summed E-state index contributed by atoms with van der Waals surface area (Å²) < 4.78 is 10.2. The van der Waals surface area contributed by atoms with Gasteiger partial charge in [-0.1, -0.05) is 65.2 Å². The van der Waals surface area contributed by atoms with Crippen molar-refractivity contribution in [1.82, 2.24) is 4.90 Å². The van der Waals surface area contributed by atoms with Crippen molar-refractivity contribution in [3.63, 3.8) is 0 Å². The van der Waals surface area contributed by atoms with Gasteiger partial charge in [0, 0.05) is 6.54 Å². The van der Waals surface area contributed by atoms with Gasteiger partial charge in [0.05, 0.1) is 13.2 Å². The van der Waals surface area contributed by atoms with Gasteiger partial charge in [0.25, 0.3) is 0 Å². The van der Waals surface area contributed by atoms with Crippen molar-refractivity contribution in [1.29, 1.82) is 0 Å². The summed E-state index contributed by atoms with van der Waals surface area (Å²) in [6.45, 7) is 7.21. The predicted octanol–water partition coefficient (Wildman–Crippen LogP) is 4.93. The Labute approximate surface area is 148 Å². The van der Waals surface area contributed by atoms with Crippen LogP contribution in [-0.2, 0) is 14.3 Å². The van der Waals surface area contributed by atoms with E-state index in [1.807, 2.05) is 13.8 Å². The lowest BCUT2D eigenvalue weighted by Gasteiger charge is -2.19. The molecule has 0 radical (unpaired) electrons. The Bertz CT molecular complexity index is 320. The van der Waals surface area contributed by atoms with E-state index in [0.717, 1.165) is 19.3 Å². The van der Waals surface area contributed by atoms with Crippen LogP contribution in [0, 0.1) is 0 Å². The van der Waals surface area contributed by atoms with E-state index in [0.29, 0.717) is 19.8 Å². The molecular formula is C19H37NO4. The highest BCUT2D eigenvalue weighted by Crippen LogP contribution is 2.09. The van der Waals surface area contributed by atoms with E-state index in [4.69, 9.17) is 9.47 Å². The second-order valence-electron chi connectivity index (χ2n) is 6.18. The van der Waals surface area contributed by atoms with Crippen LogP contribution in [0.15, 0.2) is 0 Å². The third kappa shape index (κ3) is 13.2. The molecular weight excluding hydrogens is 306 g/mol. The molecule has 1 amide bonds. The Hall–Kier alpha value is -1.26. The lowest BCUT2D eigenvalue weighted by Crippen LogP contribution is -2.36. The van der Waals surface area contributed by atoms with Gasteiger partial charge in [0.1, 0.15) is 6.54 Å². The molecule has 0 fully saturated rings. The minimum Gasteiger partial charge on any atom is -0.464 e. The number of rotatable bonds is 15. The summed E-state index contributed by atoms with van der Waals surface area (Å²) in [5.74, 6) is -0.357. The number of amides is 1. The molecule has 0 aromatic rings. The molecule has 0 aromatic heterocycles. The molecule has 0 unspecified atom stereocenters. The maximum absolute atomic E-state index is 11.8. The first-order valence-electron chi connectivity index (χ1n) is 9.72. The average molecular weight is 344 g/mol. The molecule has 0 heterocycles. The highest BCUT2D eigenvalue weighted by Gasteiger charge is 2.17. The van der Waals surface area contributed by atoms with Gasteiger partial charge in [0.2, 0.25) is 0 Å². The largest absolute Gasteiger partial charge is 0.464 e. The van der Waals surface area contributed by atoms with Gasteiger partial charge in [-0.25, -0.2) is 4.79 Å². The number of esters is 1. The zero-order chi connectivity index (χ0) is 18.0. The molecule has 0 N–H and O–H groups in total. The summed E-state index contributed by atoms with van der Waals surface area (Å²) in [5, 5.41) is 0. The van der Waals surface area contributed by atoms with E-state index >= 15 is 0 Å². The first-order valence-corrected chi connectivity index (χ1v) is 9.72. The van der Waals surface area contributed by atoms with Crippen molar-refractivity contribution in [2.45, 2.75) is 85.0 Å². The molecule has 0 aliphatic carbocycles. The fraction of sp³-hybridized carbons (Fsp3) is 0.895. The molecule has 24 heavy (non-hydrogen) atoms. The number of carbonyl (C=O) groups is 2. The number of carbonyl (C=O) groups excluding carboxylic acids is 2. The Balaban J connectivity index is 3.58. The van der Waals surface area contributed by atoms with E-state index in [9.17, 15) is 9.59 Å². The summed E-state index contributed by atoms with van der Waals surface area (Å²) in [6.07, 6.45) is 11.4. The van der Waals surface area contributed by atoms with Crippen LogP contribution in [0.5, 0.6) is 0 Å². The summed E-state index contributed by atoms with van der Waals surface area (Å²) in [7, 11) is 0. The van der Waals surface area contributed by atoms with Crippen molar-refractivity contribution < 1.29 is 19.1 Å². The second kappa shape index (κ2) is 16.6. The van der Waals surface area contributed by atoms with Crippen molar-refractivity contribution in [3.05, 3.63) is 0 Å².